The van der Waals surface area contributed by atoms with Gasteiger partial charge in [0.05, 0.1) is 0 Å². The summed E-state index contributed by atoms with van der Waals surface area (Å²) in [5, 5.41) is 8.79. The molecule has 0 radical (unpaired) electrons. The van der Waals surface area contributed by atoms with Gasteiger partial charge in [-0.25, -0.2) is 4.79 Å². The Morgan fingerprint density at radius 2 is 1.79 bits per heavy atom. The first kappa shape index (κ1) is 14.2. The third kappa shape index (κ3) is 3.85. The van der Waals surface area contributed by atoms with E-state index < -0.39 is 5.97 Å². The Morgan fingerprint density at radius 3 is 2.37 bits per heavy atom. The van der Waals surface area contributed by atoms with Crippen LogP contribution in [0.1, 0.15) is 39.0 Å². The maximum absolute atomic E-state index is 12.4. The fourth-order valence-electron chi connectivity index (χ4n) is 3.14. The predicted molar refractivity (Wildman–Crippen MR) is 71.9 cm³/mol. The molecule has 0 saturated carbocycles. The lowest BCUT2D eigenvalue weighted by Gasteiger charge is -2.38. The van der Waals surface area contributed by atoms with Crippen LogP contribution < -0.4 is 0 Å². The summed E-state index contributed by atoms with van der Waals surface area (Å²) in [6.45, 7) is 5.36. The van der Waals surface area contributed by atoms with Crippen molar-refractivity contribution in [3.05, 3.63) is 0 Å². The highest BCUT2D eigenvalue weighted by Gasteiger charge is 2.29. The highest BCUT2D eigenvalue weighted by Crippen LogP contribution is 2.23. The van der Waals surface area contributed by atoms with Crippen LogP contribution in [0.25, 0.3) is 0 Å². The van der Waals surface area contributed by atoms with E-state index >= 15 is 0 Å². The summed E-state index contributed by atoms with van der Waals surface area (Å²) in [6, 6.07) is 0.153. The van der Waals surface area contributed by atoms with Crippen molar-refractivity contribution < 1.29 is 14.7 Å². The first-order valence-electron chi connectivity index (χ1n) is 7.32. The summed E-state index contributed by atoms with van der Waals surface area (Å²) in [4.78, 5) is 26.9. The molecule has 1 atom stereocenters. The highest BCUT2D eigenvalue weighted by molar-refractivity contribution is 5.74. The average molecular weight is 268 g/mol. The average Bonchev–Trinajstić information content (AvgIpc) is 2.38. The quantitative estimate of drug-likeness (QED) is 0.833. The monoisotopic (exact) mass is 268 g/mol. The number of carbonyl (C=O) groups excluding carboxylic acids is 1. The first-order chi connectivity index (χ1) is 9.06. The summed E-state index contributed by atoms with van der Waals surface area (Å²) < 4.78 is 0. The van der Waals surface area contributed by atoms with Crippen LogP contribution in [0.3, 0.4) is 0 Å². The number of hydrogen-bond donors (Lipinski definition) is 1. The minimum absolute atomic E-state index is 0.153. The van der Waals surface area contributed by atoms with Crippen molar-refractivity contribution in [3.8, 4) is 0 Å². The zero-order valence-electron chi connectivity index (χ0n) is 11.7. The molecule has 2 rings (SSSR count). The molecule has 5 nitrogen and oxygen atoms in total. The van der Waals surface area contributed by atoms with Crippen LogP contribution in [0, 0.1) is 11.8 Å². The zero-order chi connectivity index (χ0) is 13.8. The van der Waals surface area contributed by atoms with Gasteiger partial charge in [0.25, 0.3) is 0 Å². The molecule has 2 fully saturated rings. The third-order valence-electron chi connectivity index (χ3n) is 4.28. The van der Waals surface area contributed by atoms with Gasteiger partial charge in [-0.2, -0.15) is 0 Å². The molecule has 0 aliphatic carbocycles. The maximum Gasteiger partial charge on any atom is 0.320 e. The SMILES string of the molecule is CC1CCCN(C(=O)N2CCC(CC(=O)O)CC2)C1. The van der Waals surface area contributed by atoms with Gasteiger partial charge >= 0.3 is 12.0 Å². The molecule has 5 heteroatoms. The van der Waals surface area contributed by atoms with Gasteiger partial charge in [0.1, 0.15) is 0 Å². The van der Waals surface area contributed by atoms with Gasteiger partial charge in [-0.15, -0.1) is 0 Å². The zero-order valence-corrected chi connectivity index (χ0v) is 11.7. The van der Waals surface area contributed by atoms with E-state index in [1.54, 1.807) is 0 Å². The van der Waals surface area contributed by atoms with Crippen LogP contribution in [0.5, 0.6) is 0 Å². The largest absolute Gasteiger partial charge is 0.481 e. The second kappa shape index (κ2) is 6.26. The normalized spacial score (nSPS) is 25.4. The summed E-state index contributed by atoms with van der Waals surface area (Å²) in [5.41, 5.74) is 0. The second-order valence-corrected chi connectivity index (χ2v) is 6.00. The molecular weight excluding hydrogens is 244 g/mol. The van der Waals surface area contributed by atoms with E-state index in [-0.39, 0.29) is 18.4 Å². The number of piperidine rings is 2. The van der Waals surface area contributed by atoms with Gasteiger partial charge in [0, 0.05) is 32.6 Å². The van der Waals surface area contributed by atoms with Gasteiger partial charge < -0.3 is 14.9 Å². The molecule has 2 aliphatic heterocycles. The van der Waals surface area contributed by atoms with E-state index in [0.717, 1.165) is 32.4 Å². The van der Waals surface area contributed by atoms with Crippen molar-refractivity contribution >= 4 is 12.0 Å². The van der Waals surface area contributed by atoms with Crippen molar-refractivity contribution in [2.75, 3.05) is 26.2 Å². The molecule has 2 aliphatic rings. The van der Waals surface area contributed by atoms with Crippen LogP contribution in [0.4, 0.5) is 4.79 Å². The van der Waals surface area contributed by atoms with Crippen molar-refractivity contribution in [3.63, 3.8) is 0 Å². The van der Waals surface area contributed by atoms with Gasteiger partial charge in [-0.1, -0.05) is 6.92 Å². The van der Waals surface area contributed by atoms with Gasteiger partial charge in [0.15, 0.2) is 0 Å². The predicted octanol–water partition coefficient (Wildman–Crippen LogP) is 2.03. The molecule has 2 saturated heterocycles. The molecule has 2 amide bonds. The lowest BCUT2D eigenvalue weighted by molar-refractivity contribution is -0.138. The number of hydrogen-bond acceptors (Lipinski definition) is 2. The van der Waals surface area contributed by atoms with Crippen LogP contribution in [-0.4, -0.2) is 53.1 Å². The fraction of sp³-hybridized carbons (Fsp3) is 0.857. The molecule has 1 unspecified atom stereocenters. The Balaban J connectivity index is 1.80. The molecule has 2 heterocycles. The summed E-state index contributed by atoms with van der Waals surface area (Å²) in [6.07, 6.45) is 4.19. The van der Waals surface area contributed by atoms with Crippen molar-refractivity contribution in [2.45, 2.75) is 39.0 Å². The van der Waals surface area contributed by atoms with Crippen molar-refractivity contribution in [2.24, 2.45) is 11.8 Å². The molecule has 0 bridgehead atoms. The summed E-state index contributed by atoms with van der Waals surface area (Å²) in [5.74, 6) is 0.110. The number of likely N-dealkylation sites (tertiary alicyclic amines) is 2. The van der Waals surface area contributed by atoms with Crippen LogP contribution in [0.2, 0.25) is 0 Å². The van der Waals surface area contributed by atoms with E-state index in [2.05, 4.69) is 6.92 Å². The number of carboxylic acids is 1. The molecular formula is C14H24N2O3. The van der Waals surface area contributed by atoms with Gasteiger partial charge in [0.2, 0.25) is 0 Å². The number of amides is 2. The Labute approximate surface area is 114 Å². The number of rotatable bonds is 2. The van der Waals surface area contributed by atoms with E-state index in [4.69, 9.17) is 5.11 Å². The second-order valence-electron chi connectivity index (χ2n) is 6.00. The molecule has 0 spiro atoms. The Hall–Kier alpha value is -1.26. The first-order valence-corrected chi connectivity index (χ1v) is 7.32. The molecule has 0 aromatic carbocycles. The van der Waals surface area contributed by atoms with Crippen LogP contribution >= 0.6 is 0 Å². The number of carboxylic acid groups (broad SMARTS) is 1. The van der Waals surface area contributed by atoms with Crippen LogP contribution in [0.15, 0.2) is 0 Å². The Kier molecular flexibility index (Phi) is 4.66. The molecule has 19 heavy (non-hydrogen) atoms. The van der Waals surface area contributed by atoms with Crippen molar-refractivity contribution in [1.82, 2.24) is 9.80 Å². The minimum Gasteiger partial charge on any atom is -0.481 e. The fourth-order valence-corrected chi connectivity index (χ4v) is 3.14. The Morgan fingerprint density at radius 1 is 1.11 bits per heavy atom. The van der Waals surface area contributed by atoms with Gasteiger partial charge in [-0.3, -0.25) is 4.79 Å². The van der Waals surface area contributed by atoms with Crippen molar-refractivity contribution in [1.29, 1.82) is 0 Å². The molecule has 1 N–H and O–H groups in total. The summed E-state index contributed by atoms with van der Waals surface area (Å²) in [7, 11) is 0. The smallest absolute Gasteiger partial charge is 0.320 e. The number of nitrogens with zero attached hydrogens (tertiary/aromatic N) is 2. The summed E-state index contributed by atoms with van der Waals surface area (Å²) >= 11 is 0. The number of urea groups is 1. The number of carbonyl (C=O) groups is 2. The minimum atomic E-state index is -0.727. The highest BCUT2D eigenvalue weighted by atomic mass is 16.4. The van der Waals surface area contributed by atoms with E-state index in [0.29, 0.717) is 19.0 Å². The number of aliphatic carboxylic acids is 1. The molecule has 108 valence electrons. The lowest BCUT2D eigenvalue weighted by Crippen LogP contribution is -2.49. The molecule has 0 aromatic heterocycles. The van der Waals surface area contributed by atoms with E-state index in [1.165, 1.54) is 6.42 Å². The van der Waals surface area contributed by atoms with E-state index in [1.807, 2.05) is 9.80 Å². The maximum atomic E-state index is 12.4. The standard InChI is InChI=1S/C14H24N2O3/c1-11-3-2-6-16(10-11)14(19)15-7-4-12(5-8-15)9-13(17)18/h11-12H,2-10H2,1H3,(H,17,18). The van der Waals surface area contributed by atoms with E-state index in [9.17, 15) is 9.59 Å². The lowest BCUT2D eigenvalue weighted by atomic mass is 9.93. The Bertz CT molecular complexity index is 338. The van der Waals surface area contributed by atoms with Crippen LogP contribution in [-0.2, 0) is 4.79 Å². The van der Waals surface area contributed by atoms with Gasteiger partial charge in [-0.05, 0) is 37.5 Å². The third-order valence-corrected chi connectivity index (χ3v) is 4.28. The molecule has 0 aromatic rings. The topological polar surface area (TPSA) is 60.9 Å².